The van der Waals surface area contributed by atoms with Crippen LogP contribution in [0.4, 0.5) is 11.4 Å². The molecule has 1 aromatic heterocycles. The van der Waals surface area contributed by atoms with Crippen molar-refractivity contribution in [3.63, 3.8) is 0 Å². The monoisotopic (exact) mass is 407 g/mol. The van der Waals surface area contributed by atoms with Crippen LogP contribution in [0.2, 0.25) is 0 Å². The van der Waals surface area contributed by atoms with Gasteiger partial charge in [0.1, 0.15) is 5.82 Å². The second kappa shape index (κ2) is 8.29. The Balaban J connectivity index is 1.45. The summed E-state index contributed by atoms with van der Waals surface area (Å²) in [5.41, 5.74) is 2.88. The highest BCUT2D eigenvalue weighted by molar-refractivity contribution is 8.00. The Bertz CT molecular complexity index is 980. The van der Waals surface area contributed by atoms with Crippen LogP contribution >= 0.6 is 11.8 Å². The van der Waals surface area contributed by atoms with Crippen molar-refractivity contribution >= 4 is 29.0 Å². The Morgan fingerprint density at radius 1 is 1.14 bits per heavy atom. The third-order valence-electron chi connectivity index (χ3n) is 4.86. The van der Waals surface area contributed by atoms with Crippen molar-refractivity contribution in [3.05, 3.63) is 60.4 Å². The van der Waals surface area contributed by atoms with E-state index < -0.39 is 0 Å². The largest absolute Gasteiger partial charge is 0.378 e. The average Bonchev–Trinajstić information content (AvgIpc) is 3.49. The molecule has 1 atom stereocenters. The summed E-state index contributed by atoms with van der Waals surface area (Å²) in [5, 5.41) is 8.00. The van der Waals surface area contributed by atoms with Crippen molar-refractivity contribution in [2.24, 2.45) is 0 Å². The number of hydrogen-bond donors (Lipinski definition) is 1. The number of carbonyl (C=O) groups excluding carboxylic acids is 1. The minimum Gasteiger partial charge on any atom is -0.378 e. The first-order valence-electron chi connectivity index (χ1n) is 9.78. The fourth-order valence-electron chi connectivity index (χ4n) is 3.02. The lowest BCUT2D eigenvalue weighted by molar-refractivity contribution is -0.115. The average molecular weight is 408 g/mol. The molecule has 0 unspecified atom stereocenters. The Morgan fingerprint density at radius 2 is 1.83 bits per heavy atom. The van der Waals surface area contributed by atoms with Gasteiger partial charge in [-0.25, -0.2) is 9.67 Å². The lowest BCUT2D eigenvalue weighted by atomic mass is 10.2. The van der Waals surface area contributed by atoms with E-state index in [0.29, 0.717) is 11.1 Å². The van der Waals surface area contributed by atoms with Crippen LogP contribution in [-0.4, -0.2) is 40.0 Å². The van der Waals surface area contributed by atoms with Crippen molar-refractivity contribution in [1.29, 1.82) is 0 Å². The fraction of sp³-hybridized carbons (Fsp3) is 0.318. The molecule has 1 aliphatic rings. The minimum absolute atomic E-state index is 0.0587. The van der Waals surface area contributed by atoms with Gasteiger partial charge in [0.25, 0.3) is 0 Å². The molecule has 29 heavy (non-hydrogen) atoms. The van der Waals surface area contributed by atoms with Gasteiger partial charge in [0.2, 0.25) is 11.1 Å². The van der Waals surface area contributed by atoms with Gasteiger partial charge in [0.15, 0.2) is 0 Å². The van der Waals surface area contributed by atoms with Crippen LogP contribution in [0, 0.1) is 0 Å². The van der Waals surface area contributed by atoms with Crippen molar-refractivity contribution in [2.45, 2.75) is 36.1 Å². The third-order valence-corrected chi connectivity index (χ3v) is 5.81. The van der Waals surface area contributed by atoms with Crippen LogP contribution in [0.15, 0.2) is 59.8 Å². The quantitative estimate of drug-likeness (QED) is 0.591. The van der Waals surface area contributed by atoms with Crippen molar-refractivity contribution in [2.75, 3.05) is 24.3 Å². The molecule has 0 saturated heterocycles. The molecule has 1 amide bonds. The van der Waals surface area contributed by atoms with E-state index in [1.165, 1.54) is 11.8 Å². The normalized spacial score (nSPS) is 14.4. The first-order valence-corrected chi connectivity index (χ1v) is 10.7. The third kappa shape index (κ3) is 4.62. The number of nitrogens with one attached hydrogen (secondary N) is 1. The van der Waals surface area contributed by atoms with Crippen LogP contribution in [0.1, 0.15) is 31.5 Å². The minimum atomic E-state index is -0.304. The summed E-state index contributed by atoms with van der Waals surface area (Å²) >= 11 is 1.39. The van der Waals surface area contributed by atoms with Gasteiger partial charge in [-0.2, -0.15) is 0 Å². The molecule has 0 aliphatic heterocycles. The van der Waals surface area contributed by atoms with E-state index in [1.807, 2.05) is 85.2 Å². The Labute approximate surface area is 175 Å². The smallest absolute Gasteiger partial charge is 0.237 e. The van der Waals surface area contributed by atoms with Gasteiger partial charge in [-0.1, -0.05) is 30.0 Å². The molecule has 0 spiro atoms. The number of rotatable bonds is 7. The summed E-state index contributed by atoms with van der Waals surface area (Å²) in [6, 6.07) is 17.8. The Morgan fingerprint density at radius 3 is 2.45 bits per heavy atom. The number of benzene rings is 2. The number of para-hydroxylation sites is 1. The molecule has 1 N–H and O–H groups in total. The highest BCUT2D eigenvalue weighted by Gasteiger charge is 2.31. The highest BCUT2D eigenvalue weighted by Crippen LogP contribution is 2.40. The number of anilines is 2. The summed E-state index contributed by atoms with van der Waals surface area (Å²) in [6.45, 7) is 1.88. The van der Waals surface area contributed by atoms with Crippen LogP contribution < -0.4 is 10.2 Å². The number of aromatic nitrogens is 3. The molecular formula is C22H25N5OS. The predicted molar refractivity (Wildman–Crippen MR) is 118 cm³/mol. The van der Waals surface area contributed by atoms with Gasteiger partial charge in [-0.3, -0.25) is 4.79 Å². The van der Waals surface area contributed by atoms with Gasteiger partial charge < -0.3 is 10.2 Å². The highest BCUT2D eigenvalue weighted by atomic mass is 32.2. The molecule has 1 fully saturated rings. The maximum absolute atomic E-state index is 12.6. The number of carbonyl (C=O) groups is 1. The molecule has 4 rings (SSSR count). The first kappa shape index (κ1) is 19.5. The van der Waals surface area contributed by atoms with E-state index in [2.05, 4.69) is 10.4 Å². The summed E-state index contributed by atoms with van der Waals surface area (Å²) < 4.78 is 1.92. The van der Waals surface area contributed by atoms with Gasteiger partial charge in [-0.05, 0) is 56.2 Å². The maximum atomic E-state index is 12.6. The molecule has 6 nitrogen and oxygen atoms in total. The number of nitrogens with zero attached hydrogens (tertiary/aromatic N) is 4. The zero-order chi connectivity index (χ0) is 20.4. The summed E-state index contributed by atoms with van der Waals surface area (Å²) in [4.78, 5) is 19.4. The maximum Gasteiger partial charge on any atom is 0.237 e. The van der Waals surface area contributed by atoms with E-state index >= 15 is 0 Å². The van der Waals surface area contributed by atoms with Crippen LogP contribution in [0.25, 0.3) is 5.69 Å². The molecule has 7 heteroatoms. The van der Waals surface area contributed by atoms with Gasteiger partial charge in [0.05, 0.1) is 10.9 Å². The number of thioether (sulfide) groups is 1. The van der Waals surface area contributed by atoms with Gasteiger partial charge >= 0.3 is 0 Å². The molecule has 150 valence electrons. The summed E-state index contributed by atoms with van der Waals surface area (Å²) in [5.74, 6) is 1.40. The molecule has 2 aromatic carbocycles. The summed E-state index contributed by atoms with van der Waals surface area (Å²) in [6.07, 6.45) is 2.29. The second-order valence-electron chi connectivity index (χ2n) is 7.46. The van der Waals surface area contributed by atoms with Crippen LogP contribution in [0.3, 0.4) is 0 Å². The molecule has 3 aromatic rings. The molecule has 1 saturated carbocycles. The molecule has 0 bridgehead atoms. The second-order valence-corrected chi connectivity index (χ2v) is 8.77. The van der Waals surface area contributed by atoms with Crippen LogP contribution in [0.5, 0.6) is 0 Å². The molecular weight excluding hydrogens is 382 g/mol. The zero-order valence-corrected chi connectivity index (χ0v) is 17.7. The SMILES string of the molecule is C[C@H](Sc1nc(C2CC2)n(-c2ccccc2)n1)C(=O)Nc1ccc(N(C)C)cc1. The topological polar surface area (TPSA) is 63.1 Å². The lowest BCUT2D eigenvalue weighted by Crippen LogP contribution is -2.22. The van der Waals surface area contributed by atoms with E-state index in [0.717, 1.165) is 35.7 Å². The van der Waals surface area contributed by atoms with E-state index in [4.69, 9.17) is 4.98 Å². The lowest BCUT2D eigenvalue weighted by Gasteiger charge is -2.14. The first-order chi connectivity index (χ1) is 14.0. The Hall–Kier alpha value is -2.80. The van der Waals surface area contributed by atoms with E-state index in [9.17, 15) is 4.79 Å². The predicted octanol–water partition coefficient (Wildman–Crippen LogP) is 4.33. The number of amides is 1. The molecule has 1 aliphatic carbocycles. The van der Waals surface area contributed by atoms with Crippen molar-refractivity contribution in [3.8, 4) is 5.69 Å². The molecule has 1 heterocycles. The van der Waals surface area contributed by atoms with E-state index in [1.54, 1.807) is 0 Å². The van der Waals surface area contributed by atoms with Gasteiger partial charge in [0, 0.05) is 31.4 Å². The zero-order valence-electron chi connectivity index (χ0n) is 16.9. The summed E-state index contributed by atoms with van der Waals surface area (Å²) in [7, 11) is 3.98. The van der Waals surface area contributed by atoms with Crippen molar-refractivity contribution < 1.29 is 4.79 Å². The van der Waals surface area contributed by atoms with Gasteiger partial charge in [-0.15, -0.1) is 5.10 Å². The number of hydrogen-bond acceptors (Lipinski definition) is 5. The van der Waals surface area contributed by atoms with E-state index in [-0.39, 0.29) is 11.2 Å². The van der Waals surface area contributed by atoms with Crippen molar-refractivity contribution in [1.82, 2.24) is 14.8 Å². The van der Waals surface area contributed by atoms with Crippen LogP contribution in [-0.2, 0) is 4.79 Å². The standard InChI is InChI=1S/C22H25N5OS/c1-15(21(28)23-17-11-13-18(14-12-17)26(2)3)29-22-24-20(16-9-10-16)27(25-22)19-7-5-4-6-8-19/h4-8,11-16H,9-10H2,1-3H3,(H,23,28)/t15-/m0/s1. The Kier molecular flexibility index (Phi) is 5.58. The fourth-order valence-corrected chi connectivity index (χ4v) is 3.78. The molecule has 0 radical (unpaired) electrons.